The van der Waals surface area contributed by atoms with Crippen LogP contribution in [0.1, 0.15) is 13.8 Å². The van der Waals surface area contributed by atoms with Crippen LogP contribution in [-0.4, -0.2) is 37.8 Å². The molecule has 8 heteroatoms. The summed E-state index contributed by atoms with van der Waals surface area (Å²) in [5.41, 5.74) is 0.886. The molecule has 3 aromatic rings. The lowest BCUT2D eigenvalue weighted by atomic mass is 10.2. The number of hydrogen-bond acceptors (Lipinski definition) is 4. The number of hydrogen-bond donors (Lipinski definition) is 1. The van der Waals surface area contributed by atoms with Crippen LogP contribution in [-0.2, 0) is 0 Å². The molecule has 0 amide bonds. The summed E-state index contributed by atoms with van der Waals surface area (Å²) in [6, 6.07) is 5.87. The molecule has 0 bridgehead atoms. The van der Waals surface area contributed by atoms with E-state index in [1.54, 1.807) is 10.7 Å². The standard InChI is InChI=1S/C14H15ClN6S/c1-8(2)17-14(22)20(3)12-10-5-4-9(15)6-11(10)21-7-16-19-13(21)18-12/h4-8H,1-3H3,(H,17,22). The Labute approximate surface area is 138 Å². The summed E-state index contributed by atoms with van der Waals surface area (Å²) in [6.07, 6.45) is 1.62. The summed E-state index contributed by atoms with van der Waals surface area (Å²) in [4.78, 5) is 6.40. The van der Waals surface area contributed by atoms with Gasteiger partial charge in [-0.15, -0.1) is 10.2 Å². The number of nitrogens with zero attached hydrogens (tertiary/aromatic N) is 5. The number of rotatable bonds is 2. The summed E-state index contributed by atoms with van der Waals surface area (Å²) in [5, 5.41) is 13.3. The topological polar surface area (TPSA) is 58.3 Å². The Balaban J connectivity index is 2.21. The van der Waals surface area contributed by atoms with Crippen molar-refractivity contribution in [2.24, 2.45) is 0 Å². The van der Waals surface area contributed by atoms with E-state index in [9.17, 15) is 0 Å². The molecule has 0 saturated heterocycles. The van der Waals surface area contributed by atoms with Crippen LogP contribution in [0.15, 0.2) is 24.5 Å². The third-order valence-electron chi connectivity index (χ3n) is 3.23. The average Bonchev–Trinajstić information content (AvgIpc) is 2.93. The van der Waals surface area contributed by atoms with Gasteiger partial charge in [0.2, 0.25) is 0 Å². The highest BCUT2D eigenvalue weighted by molar-refractivity contribution is 7.80. The van der Waals surface area contributed by atoms with E-state index in [1.807, 2.05) is 44.0 Å². The van der Waals surface area contributed by atoms with Crippen LogP contribution in [0.5, 0.6) is 0 Å². The van der Waals surface area contributed by atoms with Crippen LogP contribution in [0.3, 0.4) is 0 Å². The zero-order valence-electron chi connectivity index (χ0n) is 12.4. The van der Waals surface area contributed by atoms with Crippen LogP contribution in [0, 0.1) is 0 Å². The average molecular weight is 335 g/mol. The fraction of sp³-hybridized carbons (Fsp3) is 0.286. The van der Waals surface area contributed by atoms with Crippen molar-refractivity contribution in [3.8, 4) is 0 Å². The van der Waals surface area contributed by atoms with Gasteiger partial charge in [-0.1, -0.05) is 11.6 Å². The third kappa shape index (κ3) is 2.57. The Kier molecular flexibility index (Phi) is 3.84. The smallest absolute Gasteiger partial charge is 0.257 e. The maximum atomic E-state index is 6.12. The molecule has 0 radical (unpaired) electrons. The highest BCUT2D eigenvalue weighted by atomic mass is 35.5. The first-order valence-corrected chi connectivity index (χ1v) is 7.59. The van der Waals surface area contributed by atoms with Crippen LogP contribution in [0.4, 0.5) is 5.82 Å². The van der Waals surface area contributed by atoms with E-state index in [-0.39, 0.29) is 6.04 Å². The molecule has 0 spiro atoms. The lowest BCUT2D eigenvalue weighted by Gasteiger charge is -2.23. The number of thiocarbonyl (C=S) groups is 1. The summed E-state index contributed by atoms with van der Waals surface area (Å²) < 4.78 is 1.80. The largest absolute Gasteiger partial charge is 0.360 e. The van der Waals surface area contributed by atoms with Gasteiger partial charge in [-0.05, 0) is 44.3 Å². The number of fused-ring (bicyclic) bond motifs is 3. The van der Waals surface area contributed by atoms with Gasteiger partial charge in [0, 0.05) is 23.5 Å². The van der Waals surface area contributed by atoms with Crippen LogP contribution >= 0.6 is 23.8 Å². The first kappa shape index (κ1) is 14.9. The third-order valence-corrected chi connectivity index (χ3v) is 3.86. The van der Waals surface area contributed by atoms with Crippen LogP contribution < -0.4 is 10.2 Å². The van der Waals surface area contributed by atoms with Crippen molar-refractivity contribution in [3.63, 3.8) is 0 Å². The van der Waals surface area contributed by atoms with E-state index >= 15 is 0 Å². The van der Waals surface area contributed by atoms with E-state index in [1.165, 1.54) is 0 Å². The van der Waals surface area contributed by atoms with Gasteiger partial charge in [-0.3, -0.25) is 4.40 Å². The van der Waals surface area contributed by atoms with Gasteiger partial charge in [0.05, 0.1) is 5.52 Å². The van der Waals surface area contributed by atoms with E-state index in [0.717, 1.165) is 10.9 Å². The molecule has 0 fully saturated rings. The molecule has 0 saturated carbocycles. The fourth-order valence-corrected chi connectivity index (χ4v) is 2.71. The molecule has 2 aromatic heterocycles. The molecule has 0 aliphatic carbocycles. The predicted molar refractivity (Wildman–Crippen MR) is 92.6 cm³/mol. The minimum atomic E-state index is 0.243. The summed E-state index contributed by atoms with van der Waals surface area (Å²) in [5.74, 6) is 1.22. The minimum absolute atomic E-state index is 0.243. The quantitative estimate of drug-likeness (QED) is 0.727. The zero-order valence-corrected chi connectivity index (χ0v) is 14.0. The monoisotopic (exact) mass is 334 g/mol. The van der Waals surface area contributed by atoms with Crippen LogP contribution in [0.25, 0.3) is 16.7 Å². The summed E-state index contributed by atoms with van der Waals surface area (Å²) in [7, 11) is 1.88. The Morgan fingerprint density at radius 2 is 2.18 bits per heavy atom. The van der Waals surface area contributed by atoms with Gasteiger partial charge in [-0.2, -0.15) is 4.98 Å². The predicted octanol–water partition coefficient (Wildman–Crippen LogP) is 2.65. The molecule has 22 heavy (non-hydrogen) atoms. The first-order chi connectivity index (χ1) is 10.5. The first-order valence-electron chi connectivity index (χ1n) is 6.80. The minimum Gasteiger partial charge on any atom is -0.360 e. The second-order valence-electron chi connectivity index (χ2n) is 5.26. The number of anilines is 1. The number of benzene rings is 1. The molecule has 0 aliphatic rings. The Hall–Kier alpha value is -1.99. The Morgan fingerprint density at radius 3 is 2.91 bits per heavy atom. The van der Waals surface area contributed by atoms with Gasteiger partial charge in [0.25, 0.3) is 5.78 Å². The highest BCUT2D eigenvalue weighted by Crippen LogP contribution is 2.27. The van der Waals surface area contributed by atoms with E-state index in [2.05, 4.69) is 20.5 Å². The summed E-state index contributed by atoms with van der Waals surface area (Å²) in [6.45, 7) is 4.07. The van der Waals surface area contributed by atoms with Crippen molar-refractivity contribution in [3.05, 3.63) is 29.5 Å². The van der Waals surface area contributed by atoms with Gasteiger partial charge in [-0.25, -0.2) is 0 Å². The molecule has 3 rings (SSSR count). The molecule has 0 atom stereocenters. The molecule has 2 heterocycles. The van der Waals surface area contributed by atoms with Crippen molar-refractivity contribution >= 4 is 51.4 Å². The second-order valence-corrected chi connectivity index (χ2v) is 6.08. The SMILES string of the molecule is CC(C)NC(=S)N(C)c1nc2nncn2c2cc(Cl)ccc12. The molecule has 6 nitrogen and oxygen atoms in total. The molecule has 0 unspecified atom stereocenters. The molecule has 1 N–H and O–H groups in total. The van der Waals surface area contributed by atoms with E-state index in [0.29, 0.717) is 21.7 Å². The van der Waals surface area contributed by atoms with Gasteiger partial charge < -0.3 is 10.2 Å². The van der Waals surface area contributed by atoms with E-state index in [4.69, 9.17) is 23.8 Å². The van der Waals surface area contributed by atoms with Gasteiger partial charge in [0.1, 0.15) is 12.1 Å². The van der Waals surface area contributed by atoms with Crippen molar-refractivity contribution in [1.29, 1.82) is 0 Å². The molecule has 114 valence electrons. The maximum absolute atomic E-state index is 6.12. The maximum Gasteiger partial charge on any atom is 0.257 e. The van der Waals surface area contributed by atoms with Crippen molar-refractivity contribution in [2.45, 2.75) is 19.9 Å². The van der Waals surface area contributed by atoms with Gasteiger partial charge >= 0.3 is 0 Å². The molecular weight excluding hydrogens is 320 g/mol. The Morgan fingerprint density at radius 1 is 1.41 bits per heavy atom. The van der Waals surface area contributed by atoms with Crippen molar-refractivity contribution < 1.29 is 0 Å². The number of aromatic nitrogens is 4. The van der Waals surface area contributed by atoms with Crippen LogP contribution in [0.2, 0.25) is 5.02 Å². The van der Waals surface area contributed by atoms with Gasteiger partial charge in [0.15, 0.2) is 5.11 Å². The lowest BCUT2D eigenvalue weighted by Crippen LogP contribution is -2.41. The normalized spacial score (nSPS) is 11.3. The molecule has 0 aliphatic heterocycles. The lowest BCUT2D eigenvalue weighted by molar-refractivity contribution is 0.731. The van der Waals surface area contributed by atoms with Crippen molar-refractivity contribution in [2.75, 3.05) is 11.9 Å². The second kappa shape index (κ2) is 5.66. The molecule has 1 aromatic carbocycles. The summed E-state index contributed by atoms with van der Waals surface area (Å²) >= 11 is 11.6. The zero-order chi connectivity index (χ0) is 15.9. The number of halogens is 1. The Bertz CT molecular complexity index is 859. The van der Waals surface area contributed by atoms with Crippen molar-refractivity contribution in [1.82, 2.24) is 24.9 Å². The fourth-order valence-electron chi connectivity index (χ4n) is 2.22. The molecular formula is C14H15ClN6S. The number of nitrogens with one attached hydrogen (secondary N) is 1. The van der Waals surface area contributed by atoms with E-state index < -0.39 is 0 Å². The highest BCUT2D eigenvalue weighted by Gasteiger charge is 2.16.